The quantitative estimate of drug-likeness (QED) is 0.672. The SMILES string of the molecule is CCN(CC)S(=O)(=O)c1ccc(=O)n(CC(=O)N(C2CCCC2)C2CC2)c1. The minimum atomic E-state index is -3.67. The standard InChI is InChI=1S/C19H29N3O4S/c1-3-21(4-2)27(25,26)17-11-12-18(23)20(13-17)14-19(24)22(16-9-10-16)15-7-5-6-8-15/h11-13,15-16H,3-10,14H2,1-2H3. The van der Waals surface area contributed by atoms with Gasteiger partial charge in [0.15, 0.2) is 0 Å². The first-order valence-electron chi connectivity index (χ1n) is 9.90. The van der Waals surface area contributed by atoms with Gasteiger partial charge in [0, 0.05) is 37.4 Å². The highest BCUT2D eigenvalue weighted by molar-refractivity contribution is 7.89. The van der Waals surface area contributed by atoms with Gasteiger partial charge in [0.1, 0.15) is 6.54 Å². The van der Waals surface area contributed by atoms with E-state index in [0.717, 1.165) is 38.5 Å². The first-order chi connectivity index (χ1) is 12.9. The second-order valence-electron chi connectivity index (χ2n) is 7.39. The zero-order chi connectivity index (χ0) is 19.6. The summed E-state index contributed by atoms with van der Waals surface area (Å²) in [5, 5.41) is 0. The van der Waals surface area contributed by atoms with Crippen molar-refractivity contribution in [1.29, 1.82) is 0 Å². The van der Waals surface area contributed by atoms with E-state index in [4.69, 9.17) is 0 Å². The van der Waals surface area contributed by atoms with Crippen LogP contribution in [0.25, 0.3) is 0 Å². The summed E-state index contributed by atoms with van der Waals surface area (Å²) in [6, 6.07) is 3.12. The molecule has 2 aliphatic rings. The number of carbonyl (C=O) groups is 1. The van der Waals surface area contributed by atoms with Crippen LogP contribution in [0.15, 0.2) is 28.0 Å². The van der Waals surface area contributed by atoms with Crippen molar-refractivity contribution in [2.24, 2.45) is 0 Å². The minimum Gasteiger partial charge on any atom is -0.335 e. The van der Waals surface area contributed by atoms with Crippen molar-refractivity contribution in [3.8, 4) is 0 Å². The molecule has 0 atom stereocenters. The van der Waals surface area contributed by atoms with Crippen LogP contribution in [0.5, 0.6) is 0 Å². The fourth-order valence-electron chi connectivity index (χ4n) is 3.97. The number of amides is 1. The van der Waals surface area contributed by atoms with Gasteiger partial charge in [-0.2, -0.15) is 4.31 Å². The third-order valence-corrected chi connectivity index (χ3v) is 7.58. The fourth-order valence-corrected chi connectivity index (χ4v) is 5.44. The Morgan fingerprint density at radius 1 is 1.07 bits per heavy atom. The molecule has 2 fully saturated rings. The maximum atomic E-state index is 12.9. The predicted molar refractivity (Wildman–Crippen MR) is 103 cm³/mol. The van der Waals surface area contributed by atoms with Crippen LogP contribution in [0.1, 0.15) is 52.4 Å². The van der Waals surface area contributed by atoms with Crippen molar-refractivity contribution < 1.29 is 13.2 Å². The molecular weight excluding hydrogens is 366 g/mol. The molecule has 2 aliphatic carbocycles. The second kappa shape index (κ2) is 8.14. The smallest absolute Gasteiger partial charge is 0.251 e. The van der Waals surface area contributed by atoms with Crippen molar-refractivity contribution in [2.45, 2.75) is 75.9 Å². The van der Waals surface area contributed by atoms with E-state index >= 15 is 0 Å². The Morgan fingerprint density at radius 2 is 1.67 bits per heavy atom. The number of hydrogen-bond donors (Lipinski definition) is 0. The molecule has 3 rings (SSSR count). The number of aromatic nitrogens is 1. The monoisotopic (exact) mass is 395 g/mol. The molecule has 0 spiro atoms. The molecule has 8 heteroatoms. The Hall–Kier alpha value is -1.67. The average Bonchev–Trinajstić information content (AvgIpc) is 3.31. The molecule has 27 heavy (non-hydrogen) atoms. The third-order valence-electron chi connectivity index (χ3n) is 5.55. The van der Waals surface area contributed by atoms with E-state index in [1.54, 1.807) is 13.8 Å². The van der Waals surface area contributed by atoms with Gasteiger partial charge in [0.25, 0.3) is 5.56 Å². The number of carbonyl (C=O) groups excluding carboxylic acids is 1. The molecule has 0 bridgehead atoms. The van der Waals surface area contributed by atoms with Gasteiger partial charge in [-0.1, -0.05) is 26.7 Å². The highest BCUT2D eigenvalue weighted by Gasteiger charge is 2.38. The van der Waals surface area contributed by atoms with Crippen molar-refractivity contribution in [3.63, 3.8) is 0 Å². The summed E-state index contributed by atoms with van der Waals surface area (Å²) in [4.78, 5) is 27.2. The molecule has 2 saturated carbocycles. The van der Waals surface area contributed by atoms with E-state index < -0.39 is 10.0 Å². The second-order valence-corrected chi connectivity index (χ2v) is 9.33. The van der Waals surface area contributed by atoms with Gasteiger partial charge >= 0.3 is 0 Å². The Labute approximate surface area is 161 Å². The van der Waals surface area contributed by atoms with Gasteiger partial charge < -0.3 is 9.47 Å². The molecule has 0 N–H and O–H groups in total. The van der Waals surface area contributed by atoms with E-state index in [2.05, 4.69) is 0 Å². The number of hydrogen-bond acceptors (Lipinski definition) is 4. The topological polar surface area (TPSA) is 79.7 Å². The van der Waals surface area contributed by atoms with Gasteiger partial charge in [0.2, 0.25) is 15.9 Å². The fraction of sp³-hybridized carbons (Fsp3) is 0.684. The van der Waals surface area contributed by atoms with Gasteiger partial charge in [-0.15, -0.1) is 0 Å². The summed E-state index contributed by atoms with van der Waals surface area (Å²) >= 11 is 0. The Balaban J connectivity index is 1.84. The lowest BCUT2D eigenvalue weighted by Gasteiger charge is -2.29. The van der Waals surface area contributed by atoms with Gasteiger partial charge in [-0.3, -0.25) is 9.59 Å². The lowest BCUT2D eigenvalue weighted by molar-refractivity contribution is -0.134. The minimum absolute atomic E-state index is 0.0532. The van der Waals surface area contributed by atoms with E-state index in [1.165, 1.54) is 27.2 Å². The zero-order valence-electron chi connectivity index (χ0n) is 16.1. The Kier molecular flexibility index (Phi) is 6.05. The van der Waals surface area contributed by atoms with E-state index in [0.29, 0.717) is 19.1 Å². The molecule has 1 amide bonds. The summed E-state index contributed by atoms with van der Waals surface area (Å²) in [6.45, 7) is 4.15. The molecule has 0 aromatic carbocycles. The van der Waals surface area contributed by atoms with Crippen molar-refractivity contribution >= 4 is 15.9 Å². The van der Waals surface area contributed by atoms with Gasteiger partial charge in [0.05, 0.1) is 4.90 Å². The van der Waals surface area contributed by atoms with Crippen LogP contribution in [0.4, 0.5) is 0 Å². The number of pyridine rings is 1. The van der Waals surface area contributed by atoms with Crippen molar-refractivity contribution in [2.75, 3.05) is 13.1 Å². The molecule has 1 heterocycles. The van der Waals surface area contributed by atoms with Crippen LogP contribution in [0.3, 0.4) is 0 Å². The first kappa shape index (κ1) is 20.1. The highest BCUT2D eigenvalue weighted by atomic mass is 32.2. The molecular formula is C19H29N3O4S. The maximum Gasteiger partial charge on any atom is 0.251 e. The van der Waals surface area contributed by atoms with Crippen molar-refractivity contribution in [3.05, 3.63) is 28.7 Å². The average molecular weight is 396 g/mol. The lowest BCUT2D eigenvalue weighted by Crippen LogP contribution is -2.43. The number of nitrogens with zero attached hydrogens (tertiary/aromatic N) is 3. The molecule has 0 unspecified atom stereocenters. The molecule has 1 aromatic heterocycles. The van der Waals surface area contributed by atoms with Crippen LogP contribution < -0.4 is 5.56 Å². The lowest BCUT2D eigenvalue weighted by atomic mass is 10.2. The summed E-state index contributed by atoms with van der Waals surface area (Å²) in [6.07, 6.45) is 7.67. The number of sulfonamides is 1. The van der Waals surface area contributed by atoms with Gasteiger partial charge in [-0.05, 0) is 31.7 Å². The summed E-state index contributed by atoms with van der Waals surface area (Å²) < 4.78 is 28.0. The largest absolute Gasteiger partial charge is 0.335 e. The molecule has 1 aromatic rings. The Morgan fingerprint density at radius 3 is 2.22 bits per heavy atom. The van der Waals surface area contributed by atoms with E-state index in [1.807, 2.05) is 4.90 Å². The zero-order valence-corrected chi connectivity index (χ0v) is 17.0. The van der Waals surface area contributed by atoms with Crippen LogP contribution in [-0.2, 0) is 21.4 Å². The van der Waals surface area contributed by atoms with E-state index in [9.17, 15) is 18.0 Å². The van der Waals surface area contributed by atoms with E-state index in [-0.39, 0.29) is 28.9 Å². The molecule has 7 nitrogen and oxygen atoms in total. The molecule has 0 radical (unpaired) electrons. The summed E-state index contributed by atoms with van der Waals surface area (Å²) in [5.41, 5.74) is -0.357. The summed E-state index contributed by atoms with van der Waals surface area (Å²) in [7, 11) is -3.67. The molecule has 0 aliphatic heterocycles. The van der Waals surface area contributed by atoms with Crippen LogP contribution in [0, 0.1) is 0 Å². The van der Waals surface area contributed by atoms with Crippen LogP contribution >= 0.6 is 0 Å². The van der Waals surface area contributed by atoms with Gasteiger partial charge in [-0.25, -0.2) is 8.42 Å². The van der Waals surface area contributed by atoms with Crippen LogP contribution in [-0.4, -0.2) is 53.3 Å². The third kappa shape index (κ3) is 4.27. The summed E-state index contributed by atoms with van der Waals surface area (Å²) in [5.74, 6) is -0.0797. The van der Waals surface area contributed by atoms with Crippen LogP contribution in [0.2, 0.25) is 0 Å². The Bertz CT molecular complexity index is 835. The normalized spacial score (nSPS) is 18.2. The number of rotatable bonds is 8. The maximum absolute atomic E-state index is 12.9. The predicted octanol–water partition coefficient (Wildman–Crippen LogP) is 1.81. The highest BCUT2D eigenvalue weighted by Crippen LogP contribution is 2.34. The van der Waals surface area contributed by atoms with Crippen molar-refractivity contribution in [1.82, 2.24) is 13.8 Å². The first-order valence-corrected chi connectivity index (χ1v) is 11.3. The molecule has 0 saturated heterocycles. The molecule has 150 valence electrons.